The van der Waals surface area contributed by atoms with Crippen LogP contribution >= 0.6 is 0 Å². The number of esters is 1. The van der Waals surface area contributed by atoms with Crippen LogP contribution in [0.25, 0.3) is 0 Å². The Hall–Kier alpha value is -4.03. The predicted molar refractivity (Wildman–Crippen MR) is 133 cm³/mol. The van der Waals surface area contributed by atoms with Gasteiger partial charge in [-0.1, -0.05) is 42.0 Å². The number of rotatable bonds is 7. The summed E-state index contributed by atoms with van der Waals surface area (Å²) in [6.45, 7) is 1.84. The summed E-state index contributed by atoms with van der Waals surface area (Å²) in [7, 11) is -7.93. The van der Waals surface area contributed by atoms with Crippen molar-refractivity contribution in [3.05, 3.63) is 101 Å². The minimum absolute atomic E-state index is 0.0172. The van der Waals surface area contributed by atoms with E-state index >= 15 is 0 Å². The van der Waals surface area contributed by atoms with Gasteiger partial charge in [-0.3, -0.25) is 0 Å². The maximum absolute atomic E-state index is 12.8. The predicted octanol–water partition coefficient (Wildman–Crippen LogP) is 3.15. The lowest BCUT2D eigenvalue weighted by Gasteiger charge is -2.19. The van der Waals surface area contributed by atoms with Gasteiger partial charge in [0.1, 0.15) is 11.4 Å². The van der Waals surface area contributed by atoms with E-state index < -0.39 is 32.2 Å². The third-order valence-electron chi connectivity index (χ3n) is 5.06. The SMILES string of the molecule is Cc1ccc(OS(C)(=O)=O)c(Cc2ccc(N3C=C(O)NS3(=O)=O)c(OC(=O)c3ccccc3)c2)c1. The van der Waals surface area contributed by atoms with Gasteiger partial charge in [0.05, 0.1) is 18.0 Å². The third kappa shape index (κ3) is 5.78. The molecular weight excluding hydrogens is 508 g/mol. The Morgan fingerprint density at radius 1 is 1.03 bits per heavy atom. The molecule has 0 amide bonds. The van der Waals surface area contributed by atoms with Gasteiger partial charge in [-0.05, 0) is 42.8 Å². The van der Waals surface area contributed by atoms with Gasteiger partial charge >= 0.3 is 26.3 Å². The second-order valence-corrected chi connectivity index (χ2v) is 11.2. The van der Waals surface area contributed by atoms with Gasteiger partial charge in [0, 0.05) is 12.0 Å². The molecule has 1 heterocycles. The van der Waals surface area contributed by atoms with Crippen LogP contribution in [0.5, 0.6) is 11.5 Å². The highest BCUT2D eigenvalue weighted by atomic mass is 32.2. The first kappa shape index (κ1) is 25.1. The number of ether oxygens (including phenoxy) is 1. The van der Waals surface area contributed by atoms with Crippen LogP contribution in [-0.2, 0) is 26.7 Å². The fourth-order valence-electron chi connectivity index (χ4n) is 3.56. The van der Waals surface area contributed by atoms with Crippen LogP contribution in [0, 0.1) is 6.92 Å². The molecule has 0 spiro atoms. The largest absolute Gasteiger partial charge is 0.493 e. The van der Waals surface area contributed by atoms with Gasteiger partial charge in [0.15, 0.2) is 5.75 Å². The van der Waals surface area contributed by atoms with Gasteiger partial charge in [0.25, 0.3) is 0 Å². The summed E-state index contributed by atoms with van der Waals surface area (Å²) in [5.74, 6) is -1.25. The number of hydrogen-bond donors (Lipinski definition) is 2. The maximum Gasteiger partial charge on any atom is 0.343 e. The Kier molecular flexibility index (Phi) is 6.65. The summed E-state index contributed by atoms with van der Waals surface area (Å²) < 4.78 is 61.7. The van der Waals surface area contributed by atoms with Gasteiger partial charge in [0.2, 0.25) is 5.88 Å². The van der Waals surface area contributed by atoms with Crippen LogP contribution in [0.4, 0.5) is 5.69 Å². The Balaban J connectivity index is 1.76. The molecule has 188 valence electrons. The highest BCUT2D eigenvalue weighted by Crippen LogP contribution is 2.35. The summed E-state index contributed by atoms with van der Waals surface area (Å²) in [6, 6.07) is 17.7. The van der Waals surface area contributed by atoms with Crippen molar-refractivity contribution in [2.45, 2.75) is 13.3 Å². The van der Waals surface area contributed by atoms with E-state index in [1.54, 1.807) is 54.6 Å². The molecule has 1 aliphatic heterocycles. The molecule has 4 rings (SSSR count). The zero-order chi connectivity index (χ0) is 26.1. The molecule has 0 saturated carbocycles. The molecular formula is C24H22N2O8S2. The molecule has 0 aromatic heterocycles. The highest BCUT2D eigenvalue weighted by Gasteiger charge is 2.31. The van der Waals surface area contributed by atoms with Crippen LogP contribution in [0.2, 0.25) is 0 Å². The quantitative estimate of drug-likeness (QED) is 0.270. The molecule has 2 N–H and O–H groups in total. The monoisotopic (exact) mass is 530 g/mol. The minimum Gasteiger partial charge on any atom is -0.493 e. The van der Waals surface area contributed by atoms with Crippen molar-refractivity contribution in [3.8, 4) is 11.5 Å². The topological polar surface area (TPSA) is 139 Å². The van der Waals surface area contributed by atoms with E-state index in [-0.39, 0.29) is 29.2 Å². The second kappa shape index (κ2) is 9.55. The normalized spacial score (nSPS) is 14.6. The van der Waals surface area contributed by atoms with E-state index in [1.165, 1.54) is 12.1 Å². The molecule has 10 nitrogen and oxygen atoms in total. The molecule has 0 fully saturated rings. The molecule has 3 aromatic carbocycles. The summed E-state index contributed by atoms with van der Waals surface area (Å²) in [6.07, 6.45) is 2.08. The molecule has 0 unspecified atom stereocenters. The average molecular weight is 531 g/mol. The van der Waals surface area contributed by atoms with Gasteiger partial charge in [-0.15, -0.1) is 0 Å². The number of aryl methyl sites for hydroxylation is 1. The zero-order valence-corrected chi connectivity index (χ0v) is 20.8. The van der Waals surface area contributed by atoms with Gasteiger partial charge in [-0.25, -0.2) is 13.8 Å². The van der Waals surface area contributed by atoms with Gasteiger partial charge in [-0.2, -0.15) is 16.8 Å². The van der Waals surface area contributed by atoms with Crippen LogP contribution in [0.15, 0.2) is 78.8 Å². The first-order valence-corrected chi connectivity index (χ1v) is 13.8. The van der Waals surface area contributed by atoms with Crippen molar-refractivity contribution in [2.24, 2.45) is 0 Å². The molecule has 0 bridgehead atoms. The lowest BCUT2D eigenvalue weighted by molar-refractivity contribution is 0.0735. The Morgan fingerprint density at radius 2 is 1.75 bits per heavy atom. The van der Waals surface area contributed by atoms with Crippen molar-refractivity contribution in [3.63, 3.8) is 0 Å². The first-order valence-electron chi connectivity index (χ1n) is 10.5. The van der Waals surface area contributed by atoms with E-state index in [2.05, 4.69) is 0 Å². The Labute approximate surface area is 208 Å². The number of hydrogen-bond acceptors (Lipinski definition) is 8. The lowest BCUT2D eigenvalue weighted by atomic mass is 10.0. The Bertz CT molecular complexity index is 1570. The smallest absolute Gasteiger partial charge is 0.343 e. The van der Waals surface area contributed by atoms with Crippen LogP contribution in [0.3, 0.4) is 0 Å². The van der Waals surface area contributed by atoms with Crippen LogP contribution in [0.1, 0.15) is 27.0 Å². The average Bonchev–Trinajstić information content (AvgIpc) is 3.07. The number of anilines is 1. The van der Waals surface area contributed by atoms with Crippen LogP contribution < -0.4 is 17.9 Å². The number of carbonyl (C=O) groups is 1. The number of benzene rings is 3. The molecule has 12 heteroatoms. The standard InChI is InChI=1S/C24H22N2O8S2/c1-16-8-11-21(34-35(2,29)30)19(12-16)13-17-9-10-20(26-15-23(27)25-36(26,31)32)22(14-17)33-24(28)18-6-4-3-5-7-18/h3-12,14-15,25,27H,13H2,1-2H3. The van der Waals surface area contributed by atoms with E-state index in [9.17, 15) is 26.7 Å². The summed E-state index contributed by atoms with van der Waals surface area (Å²) in [5, 5.41) is 9.70. The lowest BCUT2D eigenvalue weighted by Crippen LogP contribution is -2.30. The third-order valence-corrected chi connectivity index (χ3v) is 6.83. The number of carbonyl (C=O) groups excluding carboxylic acids is 1. The maximum atomic E-state index is 12.8. The Morgan fingerprint density at radius 3 is 2.39 bits per heavy atom. The molecule has 1 aliphatic rings. The first-order chi connectivity index (χ1) is 16.9. The van der Waals surface area contributed by atoms with Gasteiger partial charge < -0.3 is 14.0 Å². The van der Waals surface area contributed by atoms with E-state index in [4.69, 9.17) is 8.92 Å². The molecule has 36 heavy (non-hydrogen) atoms. The molecule has 0 atom stereocenters. The molecule has 3 aromatic rings. The number of aliphatic hydroxyl groups is 1. The van der Waals surface area contributed by atoms with Crippen LogP contribution in [-0.4, -0.2) is 34.2 Å². The zero-order valence-electron chi connectivity index (χ0n) is 19.2. The van der Waals surface area contributed by atoms with Crippen molar-refractivity contribution in [1.82, 2.24) is 4.72 Å². The summed E-state index contributed by atoms with van der Waals surface area (Å²) in [5.41, 5.74) is 2.24. The number of nitrogens with one attached hydrogen (secondary N) is 1. The van der Waals surface area contributed by atoms with Crippen molar-refractivity contribution >= 4 is 32.0 Å². The fourth-order valence-corrected chi connectivity index (χ4v) is 5.12. The highest BCUT2D eigenvalue weighted by molar-refractivity contribution is 7.91. The van der Waals surface area contributed by atoms with E-state index in [0.717, 1.165) is 22.3 Å². The van der Waals surface area contributed by atoms with Crippen molar-refractivity contribution < 1.29 is 35.7 Å². The number of nitrogens with zero attached hydrogens (tertiary/aromatic N) is 1. The summed E-state index contributed by atoms with van der Waals surface area (Å²) in [4.78, 5) is 12.8. The summed E-state index contributed by atoms with van der Waals surface area (Å²) >= 11 is 0. The van der Waals surface area contributed by atoms with Crippen molar-refractivity contribution in [2.75, 3.05) is 10.6 Å². The molecule has 0 saturated heterocycles. The van der Waals surface area contributed by atoms with Crippen molar-refractivity contribution in [1.29, 1.82) is 0 Å². The van der Waals surface area contributed by atoms with E-state index in [1.807, 2.05) is 11.6 Å². The van der Waals surface area contributed by atoms with E-state index in [0.29, 0.717) is 11.1 Å². The fraction of sp³-hybridized carbons (Fsp3) is 0.125. The second-order valence-electron chi connectivity index (χ2n) is 8.05. The molecule has 0 aliphatic carbocycles. The number of aliphatic hydroxyl groups excluding tert-OH is 1. The minimum atomic E-state index is -4.15. The molecule has 0 radical (unpaired) electrons.